The van der Waals surface area contributed by atoms with Crippen LogP contribution in [0.2, 0.25) is 0 Å². The second kappa shape index (κ2) is 8.23. The zero-order valence-corrected chi connectivity index (χ0v) is 15.6. The molecule has 0 bridgehead atoms. The second-order valence-electron chi connectivity index (χ2n) is 6.11. The molecule has 28 heavy (non-hydrogen) atoms. The van der Waals surface area contributed by atoms with Crippen LogP contribution >= 0.6 is 11.3 Å². The van der Waals surface area contributed by atoms with Gasteiger partial charge in [-0.2, -0.15) is 0 Å². The van der Waals surface area contributed by atoms with Crippen molar-refractivity contribution in [3.05, 3.63) is 47.2 Å². The molecular formula is C17H17N7O3S. The van der Waals surface area contributed by atoms with Gasteiger partial charge < -0.3 is 15.4 Å². The predicted octanol–water partition coefficient (Wildman–Crippen LogP) is 0.242. The maximum absolute atomic E-state index is 12.3. The minimum atomic E-state index is -0.347. The number of morpholine rings is 1. The minimum absolute atomic E-state index is 0.0273. The largest absolute Gasteiger partial charge is 0.365 e. The summed E-state index contributed by atoms with van der Waals surface area (Å²) in [6, 6.07) is 9.74. The van der Waals surface area contributed by atoms with Crippen molar-refractivity contribution in [3.63, 3.8) is 0 Å². The number of rotatable bonds is 6. The highest BCUT2D eigenvalue weighted by molar-refractivity contribution is 7.14. The fourth-order valence-electron chi connectivity index (χ4n) is 2.62. The van der Waals surface area contributed by atoms with Gasteiger partial charge in [0.25, 0.3) is 5.91 Å². The molecule has 0 spiro atoms. The zero-order chi connectivity index (χ0) is 19.3. The van der Waals surface area contributed by atoms with Crippen LogP contribution < -0.4 is 10.6 Å². The van der Waals surface area contributed by atoms with Gasteiger partial charge in [0.2, 0.25) is 5.91 Å². The predicted molar refractivity (Wildman–Crippen MR) is 99.3 cm³/mol. The molecule has 2 N–H and O–H groups in total. The normalized spacial score (nSPS) is 16.6. The Morgan fingerprint density at radius 3 is 2.93 bits per heavy atom. The number of aromatic nitrogens is 5. The molecule has 144 valence electrons. The molecule has 0 aliphatic carbocycles. The van der Waals surface area contributed by atoms with Crippen LogP contribution in [0.1, 0.15) is 15.5 Å². The van der Waals surface area contributed by atoms with Crippen molar-refractivity contribution in [1.82, 2.24) is 35.8 Å². The molecule has 3 aromatic rings. The Hall–Kier alpha value is -3.18. The Balaban J connectivity index is 1.30. The van der Waals surface area contributed by atoms with Crippen LogP contribution in [-0.4, -0.2) is 56.3 Å². The number of nitrogens with zero attached hydrogens (tertiary/aromatic N) is 5. The van der Waals surface area contributed by atoms with Gasteiger partial charge >= 0.3 is 0 Å². The van der Waals surface area contributed by atoms with E-state index >= 15 is 0 Å². The van der Waals surface area contributed by atoms with Crippen LogP contribution in [-0.2, 0) is 22.6 Å². The first-order valence-corrected chi connectivity index (χ1v) is 9.43. The molecule has 0 saturated carbocycles. The molecule has 1 atom stereocenters. The molecular weight excluding hydrogens is 382 g/mol. The summed E-state index contributed by atoms with van der Waals surface area (Å²) < 4.78 is 6.92. The summed E-state index contributed by atoms with van der Waals surface area (Å²) >= 11 is 1.42. The highest BCUT2D eigenvalue weighted by Crippen LogP contribution is 2.22. The molecule has 11 heteroatoms. The van der Waals surface area contributed by atoms with Gasteiger partial charge in [-0.15, -0.1) is 15.3 Å². The van der Waals surface area contributed by atoms with Gasteiger partial charge in [0.05, 0.1) is 25.4 Å². The third-order valence-electron chi connectivity index (χ3n) is 4.03. The summed E-state index contributed by atoms with van der Waals surface area (Å²) in [4.78, 5) is 23.4. The average Bonchev–Trinajstić information content (AvgIpc) is 3.38. The molecule has 10 nitrogen and oxygen atoms in total. The average molecular weight is 399 g/mol. The second-order valence-corrected chi connectivity index (χ2v) is 7.17. The molecule has 1 aromatic carbocycles. The molecule has 2 aromatic heterocycles. The summed E-state index contributed by atoms with van der Waals surface area (Å²) in [5.41, 5.74) is 1.19. The molecule has 2 amide bonds. The van der Waals surface area contributed by atoms with Crippen LogP contribution in [0.5, 0.6) is 0 Å². The SMILES string of the molecule is O=C1COC(Cn2cc(C(=O)NCc3nnc(-c4ccccc4)s3)nn2)CN1. The topological polar surface area (TPSA) is 124 Å². The maximum Gasteiger partial charge on any atom is 0.273 e. The highest BCUT2D eigenvalue weighted by Gasteiger charge is 2.20. The number of carbonyl (C=O) groups excluding carboxylic acids is 2. The Labute approximate surface area is 163 Å². The number of nitrogens with one attached hydrogen (secondary N) is 2. The summed E-state index contributed by atoms with van der Waals surface area (Å²) in [5, 5.41) is 23.1. The van der Waals surface area contributed by atoms with Crippen molar-refractivity contribution in [2.75, 3.05) is 13.2 Å². The van der Waals surface area contributed by atoms with E-state index in [1.54, 1.807) is 6.20 Å². The van der Waals surface area contributed by atoms with Gasteiger partial charge in [0.1, 0.15) is 16.6 Å². The number of hydrogen-bond donors (Lipinski definition) is 2. The monoisotopic (exact) mass is 399 g/mol. The molecule has 3 heterocycles. The minimum Gasteiger partial charge on any atom is -0.365 e. The van der Waals surface area contributed by atoms with Crippen LogP contribution in [0.3, 0.4) is 0 Å². The van der Waals surface area contributed by atoms with Crippen molar-refractivity contribution in [2.45, 2.75) is 19.2 Å². The van der Waals surface area contributed by atoms with E-state index in [4.69, 9.17) is 4.74 Å². The maximum atomic E-state index is 12.3. The molecule has 0 radical (unpaired) electrons. The van der Waals surface area contributed by atoms with E-state index in [1.165, 1.54) is 16.0 Å². The molecule has 1 aliphatic heterocycles. The van der Waals surface area contributed by atoms with E-state index in [9.17, 15) is 9.59 Å². The van der Waals surface area contributed by atoms with Gasteiger partial charge in [-0.25, -0.2) is 4.68 Å². The van der Waals surface area contributed by atoms with Crippen LogP contribution in [0.15, 0.2) is 36.5 Å². The fourth-order valence-corrected chi connectivity index (χ4v) is 3.40. The number of carbonyl (C=O) groups is 2. The lowest BCUT2D eigenvalue weighted by Gasteiger charge is -2.22. The number of amides is 2. The zero-order valence-electron chi connectivity index (χ0n) is 14.7. The van der Waals surface area contributed by atoms with Crippen molar-refractivity contribution < 1.29 is 14.3 Å². The number of benzene rings is 1. The Kier molecular flexibility index (Phi) is 5.35. The smallest absolute Gasteiger partial charge is 0.273 e. The van der Waals surface area contributed by atoms with E-state index < -0.39 is 0 Å². The lowest BCUT2D eigenvalue weighted by Crippen LogP contribution is -2.44. The molecule has 4 rings (SSSR count). The molecule has 1 fully saturated rings. The quantitative estimate of drug-likeness (QED) is 0.608. The van der Waals surface area contributed by atoms with E-state index in [0.29, 0.717) is 18.1 Å². The van der Waals surface area contributed by atoms with Crippen molar-refractivity contribution in [2.24, 2.45) is 0 Å². The van der Waals surface area contributed by atoms with Gasteiger partial charge in [-0.05, 0) is 0 Å². The number of hydrogen-bond acceptors (Lipinski definition) is 8. The lowest BCUT2D eigenvalue weighted by molar-refractivity contribution is -0.133. The Morgan fingerprint density at radius 2 is 2.14 bits per heavy atom. The fraction of sp³-hybridized carbons (Fsp3) is 0.294. The Bertz CT molecular complexity index is 962. The van der Waals surface area contributed by atoms with Crippen molar-refractivity contribution >= 4 is 23.2 Å². The number of ether oxygens (including phenoxy) is 1. The summed E-state index contributed by atoms with van der Waals surface area (Å²) in [6.07, 6.45) is 1.35. The summed E-state index contributed by atoms with van der Waals surface area (Å²) in [6.45, 7) is 1.09. The molecule has 1 unspecified atom stereocenters. The van der Waals surface area contributed by atoms with Crippen LogP contribution in [0.25, 0.3) is 10.6 Å². The lowest BCUT2D eigenvalue weighted by atomic mass is 10.2. The summed E-state index contributed by atoms with van der Waals surface area (Å²) in [7, 11) is 0. The van der Waals surface area contributed by atoms with Gasteiger partial charge in [-0.1, -0.05) is 46.9 Å². The van der Waals surface area contributed by atoms with E-state index in [0.717, 1.165) is 10.6 Å². The Morgan fingerprint density at radius 1 is 1.29 bits per heavy atom. The van der Waals surface area contributed by atoms with Gasteiger partial charge in [0, 0.05) is 12.1 Å². The first kappa shape index (κ1) is 18.2. The van der Waals surface area contributed by atoms with Crippen LogP contribution in [0.4, 0.5) is 0 Å². The van der Waals surface area contributed by atoms with Crippen molar-refractivity contribution in [3.8, 4) is 10.6 Å². The highest BCUT2D eigenvalue weighted by atomic mass is 32.1. The first-order valence-electron chi connectivity index (χ1n) is 8.62. The first-order chi connectivity index (χ1) is 13.7. The van der Waals surface area contributed by atoms with Gasteiger partial charge in [0.15, 0.2) is 5.69 Å². The van der Waals surface area contributed by atoms with Gasteiger partial charge in [-0.3, -0.25) is 9.59 Å². The molecule has 1 aliphatic rings. The standard InChI is InChI=1S/C17H17N7O3S/c25-14-10-27-12(6-18-14)8-24-9-13(20-23-24)16(26)19-7-15-21-22-17(28-15)11-4-2-1-3-5-11/h1-5,9,12H,6-8,10H2,(H,18,25)(H,19,26). The third kappa shape index (κ3) is 4.38. The third-order valence-corrected chi connectivity index (χ3v) is 5.00. The summed E-state index contributed by atoms with van der Waals surface area (Å²) in [5.74, 6) is -0.484. The van der Waals surface area contributed by atoms with E-state index in [2.05, 4.69) is 31.1 Å². The van der Waals surface area contributed by atoms with Crippen molar-refractivity contribution in [1.29, 1.82) is 0 Å². The van der Waals surface area contributed by atoms with E-state index in [-0.39, 0.29) is 36.8 Å². The van der Waals surface area contributed by atoms with E-state index in [1.807, 2.05) is 30.3 Å². The molecule has 1 saturated heterocycles. The van der Waals surface area contributed by atoms with Crippen LogP contribution in [0, 0.1) is 0 Å².